The van der Waals surface area contributed by atoms with Gasteiger partial charge in [-0.1, -0.05) is 23.4 Å². The molecule has 3 aliphatic rings. The summed E-state index contributed by atoms with van der Waals surface area (Å²) >= 11 is 10.9. The highest BCUT2D eigenvalue weighted by atomic mass is 79.9. The standard InChI is InChI=1S/C21H19BrClFN4O3S/c1-21(2,3)31-20(30)26-4-5-27-12(7-26)13(8-29)28-9-32-19-18(28)17(27)10-6-11(23)14(22)15(24)16(10)25-19/h6,12H,4-5,7,9H2,1-3H3/t12-/m1/s1. The fraction of sp³-hybridized carbons (Fsp3) is 0.429. The molecule has 4 heterocycles. The first kappa shape index (κ1) is 21.8. The van der Waals surface area contributed by atoms with Crippen LogP contribution in [0, 0.1) is 5.82 Å². The summed E-state index contributed by atoms with van der Waals surface area (Å²) in [4.78, 5) is 34.8. The van der Waals surface area contributed by atoms with Gasteiger partial charge in [-0.05, 0) is 42.8 Å². The fourth-order valence-corrected chi connectivity index (χ4v) is 5.87. The largest absolute Gasteiger partial charge is 0.444 e. The van der Waals surface area contributed by atoms with Crippen LogP contribution in [0.3, 0.4) is 0 Å². The third kappa shape index (κ3) is 3.27. The van der Waals surface area contributed by atoms with Gasteiger partial charge in [0.05, 0.1) is 39.3 Å². The minimum absolute atomic E-state index is 0.168. The highest BCUT2D eigenvalue weighted by Gasteiger charge is 2.46. The van der Waals surface area contributed by atoms with Crippen molar-refractivity contribution >= 4 is 73.6 Å². The molecule has 1 aromatic carbocycles. The number of anilines is 2. The van der Waals surface area contributed by atoms with Gasteiger partial charge in [0.15, 0.2) is 5.82 Å². The van der Waals surface area contributed by atoms with Crippen LogP contribution >= 0.6 is 39.3 Å². The Kier molecular flexibility index (Phi) is 5.13. The van der Waals surface area contributed by atoms with Gasteiger partial charge in [-0.2, -0.15) is 0 Å². The molecule has 0 aliphatic carbocycles. The summed E-state index contributed by atoms with van der Waals surface area (Å²) in [6.45, 7) is 6.53. The van der Waals surface area contributed by atoms with E-state index in [9.17, 15) is 9.59 Å². The first-order valence-electron chi connectivity index (χ1n) is 10.0. The summed E-state index contributed by atoms with van der Waals surface area (Å²) in [5.74, 6) is 2.03. The molecule has 0 saturated carbocycles. The van der Waals surface area contributed by atoms with Crippen molar-refractivity contribution in [2.75, 3.05) is 35.3 Å². The SMILES string of the molecule is CC(C)(C)OC(=O)N1CCN2c3c4c(nc5c(F)c(Br)c(Cl)cc35)SCN4C(=C=O)[C@H]2C1. The van der Waals surface area contributed by atoms with E-state index in [4.69, 9.17) is 16.3 Å². The monoisotopic (exact) mass is 540 g/mol. The van der Waals surface area contributed by atoms with E-state index in [1.54, 1.807) is 11.0 Å². The Balaban J connectivity index is 1.65. The molecule has 0 radical (unpaired) electrons. The van der Waals surface area contributed by atoms with E-state index in [1.807, 2.05) is 30.6 Å². The third-order valence-corrected chi connectivity index (χ3v) is 7.91. The molecule has 2 aromatic rings. The number of carbonyl (C=O) groups is 1. The van der Waals surface area contributed by atoms with Gasteiger partial charge in [0.2, 0.25) is 0 Å². The van der Waals surface area contributed by atoms with Crippen molar-refractivity contribution in [3.8, 4) is 0 Å². The highest BCUT2D eigenvalue weighted by Crippen LogP contribution is 2.54. The molecule has 168 valence electrons. The number of piperazine rings is 1. The predicted molar refractivity (Wildman–Crippen MR) is 126 cm³/mol. The molecule has 1 saturated heterocycles. The molecule has 0 bridgehead atoms. The number of hydrogen-bond acceptors (Lipinski definition) is 7. The number of halogens is 3. The number of benzene rings is 1. The molecule has 1 atom stereocenters. The maximum Gasteiger partial charge on any atom is 0.410 e. The van der Waals surface area contributed by atoms with Crippen molar-refractivity contribution < 1.29 is 18.7 Å². The van der Waals surface area contributed by atoms with E-state index in [1.165, 1.54) is 11.8 Å². The summed E-state index contributed by atoms with van der Waals surface area (Å²) < 4.78 is 20.8. The van der Waals surface area contributed by atoms with E-state index in [-0.39, 0.29) is 21.6 Å². The molecule has 0 spiro atoms. The summed E-state index contributed by atoms with van der Waals surface area (Å²) in [6, 6.07) is 1.25. The van der Waals surface area contributed by atoms with Gasteiger partial charge < -0.3 is 19.4 Å². The summed E-state index contributed by atoms with van der Waals surface area (Å²) in [6.07, 6.45) is -0.428. The summed E-state index contributed by atoms with van der Waals surface area (Å²) in [7, 11) is 0. The number of carbonyl (C=O) groups excluding carboxylic acids is 2. The second-order valence-corrected chi connectivity index (χ2v) is 11.0. The Labute approximate surface area is 201 Å². The molecule has 1 aromatic heterocycles. The Morgan fingerprint density at radius 3 is 2.81 bits per heavy atom. The van der Waals surface area contributed by atoms with Crippen molar-refractivity contribution in [1.29, 1.82) is 0 Å². The van der Waals surface area contributed by atoms with Crippen LogP contribution in [0.25, 0.3) is 10.9 Å². The van der Waals surface area contributed by atoms with Crippen molar-refractivity contribution in [2.45, 2.75) is 37.4 Å². The molecule has 11 heteroatoms. The van der Waals surface area contributed by atoms with Crippen molar-refractivity contribution in [3.05, 3.63) is 27.1 Å². The van der Waals surface area contributed by atoms with E-state index in [2.05, 4.69) is 26.9 Å². The van der Waals surface area contributed by atoms with Gasteiger partial charge in [-0.25, -0.2) is 19.0 Å². The fourth-order valence-electron chi connectivity index (χ4n) is 4.35. The minimum Gasteiger partial charge on any atom is -0.444 e. The smallest absolute Gasteiger partial charge is 0.410 e. The molecule has 1 amide bonds. The maximum atomic E-state index is 15.1. The zero-order valence-corrected chi connectivity index (χ0v) is 20.7. The molecule has 1 fully saturated rings. The molecular weight excluding hydrogens is 523 g/mol. The van der Waals surface area contributed by atoms with E-state index in [0.717, 1.165) is 11.4 Å². The van der Waals surface area contributed by atoms with Gasteiger partial charge in [-0.15, -0.1) is 0 Å². The lowest BCUT2D eigenvalue weighted by atomic mass is 9.99. The molecule has 3 aliphatic heterocycles. The molecular formula is C21H19BrClFN4O3S. The van der Waals surface area contributed by atoms with Crippen molar-refractivity contribution in [3.63, 3.8) is 0 Å². The average molecular weight is 542 g/mol. The Morgan fingerprint density at radius 1 is 1.38 bits per heavy atom. The minimum atomic E-state index is -0.624. The molecule has 7 nitrogen and oxygen atoms in total. The zero-order valence-electron chi connectivity index (χ0n) is 17.5. The van der Waals surface area contributed by atoms with Crippen molar-refractivity contribution in [2.24, 2.45) is 0 Å². The van der Waals surface area contributed by atoms with E-state index < -0.39 is 23.6 Å². The van der Waals surface area contributed by atoms with Crippen LogP contribution in [-0.2, 0) is 9.53 Å². The number of fused-ring (bicyclic) bond motifs is 4. The normalized spacial score (nSPS) is 19.8. The Morgan fingerprint density at radius 2 is 2.12 bits per heavy atom. The number of pyridine rings is 1. The van der Waals surface area contributed by atoms with Crippen LogP contribution in [-0.4, -0.2) is 59.1 Å². The Bertz CT molecular complexity index is 1230. The lowest BCUT2D eigenvalue weighted by molar-refractivity contribution is 0.0222. The van der Waals surface area contributed by atoms with Crippen LogP contribution in [0.1, 0.15) is 20.8 Å². The third-order valence-electron chi connectivity index (χ3n) is 5.66. The second kappa shape index (κ2) is 7.52. The second-order valence-electron chi connectivity index (χ2n) is 8.82. The zero-order chi connectivity index (χ0) is 22.9. The van der Waals surface area contributed by atoms with E-state index in [0.29, 0.717) is 35.1 Å². The first-order valence-corrected chi connectivity index (χ1v) is 12.2. The number of amides is 1. The quantitative estimate of drug-likeness (QED) is 0.350. The maximum absolute atomic E-state index is 15.1. The van der Waals surface area contributed by atoms with Crippen LogP contribution in [0.2, 0.25) is 5.02 Å². The van der Waals surface area contributed by atoms with E-state index >= 15 is 4.39 Å². The van der Waals surface area contributed by atoms with Gasteiger partial charge in [0, 0.05) is 18.5 Å². The topological polar surface area (TPSA) is 66.0 Å². The number of rotatable bonds is 0. The molecule has 0 N–H and O–H groups in total. The number of aromatic nitrogens is 1. The number of hydrogen-bond donors (Lipinski definition) is 0. The summed E-state index contributed by atoms with van der Waals surface area (Å²) in [5, 5.41) is 1.47. The van der Waals surface area contributed by atoms with Gasteiger partial charge in [0.25, 0.3) is 0 Å². The highest BCUT2D eigenvalue weighted by molar-refractivity contribution is 9.10. The number of nitrogens with zero attached hydrogens (tertiary/aromatic N) is 4. The van der Waals surface area contributed by atoms with Crippen LogP contribution < -0.4 is 9.80 Å². The molecule has 5 rings (SSSR count). The van der Waals surface area contributed by atoms with Gasteiger partial charge >= 0.3 is 6.09 Å². The Hall–Kier alpha value is -2.00. The van der Waals surface area contributed by atoms with Gasteiger partial charge in [0.1, 0.15) is 27.8 Å². The number of ether oxygens (including phenoxy) is 1. The molecule has 0 unspecified atom stereocenters. The lowest BCUT2D eigenvalue weighted by Crippen LogP contribution is -2.60. The van der Waals surface area contributed by atoms with Crippen LogP contribution in [0.5, 0.6) is 0 Å². The predicted octanol–water partition coefficient (Wildman–Crippen LogP) is 4.81. The number of thioether (sulfide) groups is 1. The van der Waals surface area contributed by atoms with Crippen molar-refractivity contribution in [1.82, 2.24) is 9.88 Å². The summed E-state index contributed by atoms with van der Waals surface area (Å²) in [5.41, 5.74) is 1.57. The van der Waals surface area contributed by atoms with Crippen LogP contribution in [0.15, 0.2) is 21.3 Å². The van der Waals surface area contributed by atoms with Crippen LogP contribution in [0.4, 0.5) is 20.6 Å². The lowest BCUT2D eigenvalue weighted by Gasteiger charge is -2.48. The average Bonchev–Trinajstić information content (AvgIpc) is 3.15. The molecule has 32 heavy (non-hydrogen) atoms. The first-order chi connectivity index (χ1) is 15.1. The van der Waals surface area contributed by atoms with Gasteiger partial charge in [-0.3, -0.25) is 0 Å².